The van der Waals surface area contributed by atoms with E-state index in [-0.39, 0.29) is 12.7 Å². The second-order valence-electron chi connectivity index (χ2n) is 3.89. The van der Waals surface area contributed by atoms with E-state index in [2.05, 4.69) is 4.98 Å². The average molecular weight is 226 g/mol. The number of hydrogen-bond acceptors (Lipinski definition) is 4. The lowest BCUT2D eigenvalue weighted by Crippen LogP contribution is -2.24. The monoisotopic (exact) mass is 226 g/mol. The predicted molar refractivity (Wildman–Crippen MR) is 57.7 cm³/mol. The Morgan fingerprint density at radius 2 is 2.50 bits per heavy atom. The van der Waals surface area contributed by atoms with Crippen molar-refractivity contribution >= 4 is 5.82 Å². The number of halogens is 1. The van der Waals surface area contributed by atoms with Gasteiger partial charge in [0.2, 0.25) is 0 Å². The zero-order valence-electron chi connectivity index (χ0n) is 9.19. The molecule has 0 radical (unpaired) electrons. The van der Waals surface area contributed by atoms with Gasteiger partial charge in [0.1, 0.15) is 11.6 Å². The molecule has 1 unspecified atom stereocenters. The number of aliphatic hydroxyl groups excluding tert-OH is 1. The van der Waals surface area contributed by atoms with Gasteiger partial charge in [-0.2, -0.15) is 0 Å². The van der Waals surface area contributed by atoms with Gasteiger partial charge < -0.3 is 14.7 Å². The molecule has 1 N–H and O–H groups in total. The van der Waals surface area contributed by atoms with Crippen LogP contribution in [0.25, 0.3) is 0 Å². The first-order chi connectivity index (χ1) is 7.74. The second-order valence-corrected chi connectivity index (χ2v) is 3.89. The van der Waals surface area contributed by atoms with Crippen molar-refractivity contribution < 1.29 is 14.2 Å². The fourth-order valence-electron chi connectivity index (χ4n) is 1.99. The molecule has 5 heteroatoms. The van der Waals surface area contributed by atoms with Gasteiger partial charge in [-0.3, -0.25) is 0 Å². The Balaban J connectivity index is 2.20. The van der Waals surface area contributed by atoms with Crippen LogP contribution in [0, 0.1) is 5.82 Å². The van der Waals surface area contributed by atoms with Crippen molar-refractivity contribution in [1.82, 2.24) is 4.98 Å². The highest BCUT2D eigenvalue weighted by molar-refractivity contribution is 5.47. The van der Waals surface area contributed by atoms with Crippen LogP contribution >= 0.6 is 0 Å². The highest BCUT2D eigenvalue weighted by Crippen LogP contribution is 2.23. The van der Waals surface area contributed by atoms with E-state index in [4.69, 9.17) is 9.84 Å². The van der Waals surface area contributed by atoms with Crippen LogP contribution in [0.2, 0.25) is 0 Å². The van der Waals surface area contributed by atoms with Gasteiger partial charge in [-0.05, 0) is 12.5 Å². The number of hydrogen-bond donors (Lipinski definition) is 1. The topological polar surface area (TPSA) is 45.6 Å². The number of anilines is 1. The first-order valence-electron chi connectivity index (χ1n) is 5.27. The van der Waals surface area contributed by atoms with E-state index in [1.807, 2.05) is 4.90 Å². The van der Waals surface area contributed by atoms with Gasteiger partial charge in [0.25, 0.3) is 0 Å². The number of ether oxygens (including phenoxy) is 1. The fraction of sp³-hybridized carbons (Fsp3) is 0.545. The molecule has 16 heavy (non-hydrogen) atoms. The molecule has 0 saturated carbocycles. The standard InChI is InChI=1S/C11H15FN2O2/c1-16-10-2-3-14(6-10)11-8(7-15)4-9(12)5-13-11/h4-5,10,15H,2-3,6-7H2,1H3. The van der Waals surface area contributed by atoms with Crippen molar-refractivity contribution in [2.24, 2.45) is 0 Å². The molecule has 1 fully saturated rings. The van der Waals surface area contributed by atoms with Crippen LogP contribution in [0.1, 0.15) is 12.0 Å². The molecule has 88 valence electrons. The SMILES string of the molecule is COC1CCN(c2ncc(F)cc2CO)C1. The quantitative estimate of drug-likeness (QED) is 0.833. The number of rotatable bonds is 3. The lowest BCUT2D eigenvalue weighted by atomic mass is 10.2. The molecule has 0 amide bonds. The number of aliphatic hydroxyl groups is 1. The summed E-state index contributed by atoms with van der Waals surface area (Å²) in [6.45, 7) is 1.36. The van der Waals surface area contributed by atoms with E-state index in [1.54, 1.807) is 7.11 Å². The summed E-state index contributed by atoms with van der Waals surface area (Å²) >= 11 is 0. The molecular weight excluding hydrogens is 211 g/mol. The summed E-state index contributed by atoms with van der Waals surface area (Å²) in [4.78, 5) is 6.05. The first kappa shape index (κ1) is 11.3. The second kappa shape index (κ2) is 4.76. The van der Waals surface area contributed by atoms with Crippen LogP contribution in [-0.4, -0.2) is 36.4 Å². The Kier molecular flexibility index (Phi) is 3.36. The summed E-state index contributed by atoms with van der Waals surface area (Å²) in [6.07, 6.45) is 2.30. The maximum atomic E-state index is 12.9. The highest BCUT2D eigenvalue weighted by atomic mass is 19.1. The summed E-state index contributed by atoms with van der Waals surface area (Å²) in [5, 5.41) is 9.16. The van der Waals surface area contributed by atoms with Crippen LogP contribution in [0.15, 0.2) is 12.3 Å². The highest BCUT2D eigenvalue weighted by Gasteiger charge is 2.24. The van der Waals surface area contributed by atoms with Crippen molar-refractivity contribution in [3.63, 3.8) is 0 Å². The van der Waals surface area contributed by atoms with Crippen molar-refractivity contribution in [3.05, 3.63) is 23.6 Å². The van der Waals surface area contributed by atoms with E-state index >= 15 is 0 Å². The Morgan fingerprint density at radius 1 is 1.69 bits per heavy atom. The molecule has 2 rings (SSSR count). The maximum absolute atomic E-state index is 12.9. The van der Waals surface area contributed by atoms with Crippen LogP contribution in [0.3, 0.4) is 0 Å². The molecule has 0 aromatic carbocycles. The largest absolute Gasteiger partial charge is 0.392 e. The molecule has 0 spiro atoms. The van der Waals surface area contributed by atoms with Gasteiger partial charge in [-0.25, -0.2) is 9.37 Å². The Hall–Kier alpha value is -1.20. The van der Waals surface area contributed by atoms with Crippen molar-refractivity contribution in [1.29, 1.82) is 0 Å². The van der Waals surface area contributed by atoms with Crippen molar-refractivity contribution in [3.8, 4) is 0 Å². The van der Waals surface area contributed by atoms with Gasteiger partial charge in [0, 0.05) is 25.8 Å². The van der Waals surface area contributed by atoms with Crippen LogP contribution < -0.4 is 4.90 Å². The zero-order chi connectivity index (χ0) is 11.5. The van der Waals surface area contributed by atoms with Gasteiger partial charge in [0.15, 0.2) is 0 Å². The van der Waals surface area contributed by atoms with Crippen molar-refractivity contribution in [2.45, 2.75) is 19.1 Å². The Morgan fingerprint density at radius 3 is 3.12 bits per heavy atom. The van der Waals surface area contributed by atoms with Gasteiger partial charge >= 0.3 is 0 Å². The number of methoxy groups -OCH3 is 1. The smallest absolute Gasteiger partial charge is 0.142 e. The van der Waals surface area contributed by atoms with Crippen LogP contribution in [0.5, 0.6) is 0 Å². The van der Waals surface area contributed by atoms with E-state index in [9.17, 15) is 4.39 Å². The first-order valence-corrected chi connectivity index (χ1v) is 5.27. The van der Waals surface area contributed by atoms with Crippen LogP contribution in [-0.2, 0) is 11.3 Å². The molecular formula is C11H15FN2O2. The van der Waals surface area contributed by atoms with Gasteiger partial charge in [-0.1, -0.05) is 0 Å². The normalized spacial score (nSPS) is 20.4. The zero-order valence-corrected chi connectivity index (χ0v) is 9.19. The molecule has 0 aliphatic carbocycles. The van der Waals surface area contributed by atoms with E-state index in [1.165, 1.54) is 12.3 Å². The van der Waals surface area contributed by atoms with E-state index in [0.29, 0.717) is 11.4 Å². The summed E-state index contributed by atoms with van der Waals surface area (Å²) in [6, 6.07) is 1.32. The predicted octanol–water partition coefficient (Wildman–Crippen LogP) is 0.938. The minimum Gasteiger partial charge on any atom is -0.392 e. The molecule has 4 nitrogen and oxygen atoms in total. The van der Waals surface area contributed by atoms with E-state index < -0.39 is 5.82 Å². The minimum absolute atomic E-state index is 0.193. The van der Waals surface area contributed by atoms with Crippen LogP contribution in [0.4, 0.5) is 10.2 Å². The molecule has 1 saturated heterocycles. The molecule has 1 aliphatic rings. The Labute approximate surface area is 93.7 Å². The molecule has 2 heterocycles. The molecule has 1 aromatic heterocycles. The lowest BCUT2D eigenvalue weighted by molar-refractivity contribution is 0.121. The molecule has 1 aliphatic heterocycles. The third kappa shape index (κ3) is 2.15. The molecule has 0 bridgehead atoms. The summed E-state index contributed by atoms with van der Waals surface area (Å²) in [7, 11) is 1.68. The summed E-state index contributed by atoms with van der Waals surface area (Å²) < 4.78 is 18.2. The number of pyridine rings is 1. The van der Waals surface area contributed by atoms with Gasteiger partial charge in [-0.15, -0.1) is 0 Å². The third-order valence-corrected chi connectivity index (χ3v) is 2.86. The summed E-state index contributed by atoms with van der Waals surface area (Å²) in [5.74, 6) is 0.235. The van der Waals surface area contributed by atoms with Crippen molar-refractivity contribution in [2.75, 3.05) is 25.1 Å². The van der Waals surface area contributed by atoms with E-state index in [0.717, 1.165) is 19.5 Å². The maximum Gasteiger partial charge on any atom is 0.142 e. The summed E-state index contributed by atoms with van der Waals surface area (Å²) in [5.41, 5.74) is 0.525. The lowest BCUT2D eigenvalue weighted by Gasteiger charge is -2.19. The number of nitrogens with zero attached hydrogens (tertiary/aromatic N) is 2. The fourth-order valence-corrected chi connectivity index (χ4v) is 1.99. The average Bonchev–Trinajstić information content (AvgIpc) is 2.77. The third-order valence-electron chi connectivity index (χ3n) is 2.86. The minimum atomic E-state index is -0.421. The molecule has 1 atom stereocenters. The molecule has 1 aromatic rings. The Bertz CT molecular complexity index is 373. The van der Waals surface area contributed by atoms with Gasteiger partial charge in [0.05, 0.1) is 18.9 Å². The number of aromatic nitrogens is 1.